The molecule has 4 atom stereocenters. The molecule has 0 fully saturated rings. The Hall–Kier alpha value is -1.68. The van der Waals surface area contributed by atoms with Gasteiger partial charge in [-0.05, 0) is 0 Å². The molecule has 0 rings (SSSR count). The fourth-order valence-electron chi connectivity index (χ4n) is 1.32. The van der Waals surface area contributed by atoms with Gasteiger partial charge in [0, 0.05) is 19.8 Å². The molecule has 0 saturated carbocycles. The average Bonchev–Trinajstić information content (AvgIpc) is 2.41. The summed E-state index contributed by atoms with van der Waals surface area (Å²) in [6.07, 6.45) is -5.21. The lowest BCUT2D eigenvalue weighted by Crippen LogP contribution is -2.48. The Morgan fingerprint density at radius 1 is 1.11 bits per heavy atom. The Bertz CT molecular complexity index is 371. The van der Waals surface area contributed by atoms with Crippen LogP contribution in [0.4, 0.5) is 0 Å². The zero-order valence-electron chi connectivity index (χ0n) is 10.4. The van der Waals surface area contributed by atoms with E-state index >= 15 is 0 Å². The van der Waals surface area contributed by atoms with Gasteiger partial charge in [0.1, 0.15) is 36.0 Å². The number of allylic oxidation sites excluding steroid dienone is 1. The zero-order chi connectivity index (χ0) is 15.0. The van der Waals surface area contributed by atoms with E-state index in [1.165, 1.54) is 18.1 Å². The summed E-state index contributed by atoms with van der Waals surface area (Å²) in [6, 6.07) is 3.25. The molecule has 0 radical (unpaired) electrons. The highest BCUT2D eigenvalue weighted by atomic mass is 16.4. The highest BCUT2D eigenvalue weighted by Gasteiger charge is 2.30. The van der Waals surface area contributed by atoms with Crippen LogP contribution >= 0.6 is 0 Å². The molecular formula is C11H17N3O5. The van der Waals surface area contributed by atoms with E-state index in [1.807, 2.05) is 0 Å². The first-order chi connectivity index (χ1) is 8.87. The van der Waals surface area contributed by atoms with Gasteiger partial charge >= 0.3 is 0 Å². The lowest BCUT2D eigenvalue weighted by atomic mass is 10.0. The summed E-state index contributed by atoms with van der Waals surface area (Å²) in [6.45, 7) is -0.934. The number of likely N-dealkylation sites (N-methyl/N-ethyl adjacent to an activating group) is 1. The molecule has 0 aliphatic rings. The minimum Gasteiger partial charge on any atom is -0.394 e. The first kappa shape index (κ1) is 17.3. The van der Waals surface area contributed by atoms with Gasteiger partial charge in [0.2, 0.25) is 0 Å². The summed E-state index contributed by atoms with van der Waals surface area (Å²) in [4.78, 5) is 1.29. The van der Waals surface area contributed by atoms with Crippen LogP contribution in [0.25, 0.3) is 0 Å². The molecule has 8 heteroatoms. The van der Waals surface area contributed by atoms with Crippen LogP contribution in [0.2, 0.25) is 0 Å². The topological polar surface area (TPSA) is 152 Å². The third-order valence-corrected chi connectivity index (χ3v) is 2.39. The van der Waals surface area contributed by atoms with Crippen molar-refractivity contribution < 1.29 is 25.5 Å². The predicted molar refractivity (Wildman–Crippen MR) is 63.1 cm³/mol. The molecule has 0 aliphatic heterocycles. The maximum atomic E-state index is 9.62. The maximum Gasteiger partial charge on any atom is 0.145 e. The van der Waals surface area contributed by atoms with Crippen molar-refractivity contribution in [1.29, 1.82) is 10.5 Å². The Kier molecular flexibility index (Phi) is 7.68. The summed E-state index contributed by atoms with van der Waals surface area (Å²) >= 11 is 0. The Labute approximate surface area is 110 Å². The first-order valence-electron chi connectivity index (χ1n) is 5.42. The van der Waals surface area contributed by atoms with Gasteiger partial charge in [0.15, 0.2) is 0 Å². The molecule has 8 nitrogen and oxygen atoms in total. The highest BCUT2D eigenvalue weighted by molar-refractivity contribution is 5.34. The summed E-state index contributed by atoms with van der Waals surface area (Å²) in [5.41, 5.74) is -0.180. The lowest BCUT2D eigenvalue weighted by molar-refractivity contribution is -0.117. The lowest BCUT2D eigenvalue weighted by Gasteiger charge is -2.28. The fourth-order valence-corrected chi connectivity index (χ4v) is 1.32. The summed E-state index contributed by atoms with van der Waals surface area (Å²) in [5, 5.41) is 63.3. The van der Waals surface area contributed by atoms with E-state index in [1.54, 1.807) is 12.1 Å². The molecule has 0 aliphatic carbocycles. The van der Waals surface area contributed by atoms with Crippen LogP contribution in [0.5, 0.6) is 0 Å². The van der Waals surface area contributed by atoms with Crippen molar-refractivity contribution in [3.8, 4) is 12.1 Å². The Balaban J connectivity index is 4.54. The number of aliphatic hydroxyl groups is 5. The van der Waals surface area contributed by atoms with Crippen LogP contribution in [-0.2, 0) is 0 Å². The quantitative estimate of drug-likeness (QED) is 0.313. The molecule has 0 unspecified atom stereocenters. The van der Waals surface area contributed by atoms with Gasteiger partial charge < -0.3 is 30.4 Å². The predicted octanol–water partition coefficient (Wildman–Crippen LogP) is -2.71. The van der Waals surface area contributed by atoms with E-state index in [0.717, 1.165) is 0 Å². The summed E-state index contributed by atoms with van der Waals surface area (Å²) in [5.74, 6) is 0. The molecule has 0 spiro atoms. The molecule has 106 valence electrons. The molecule has 0 amide bonds. The Morgan fingerprint density at radius 2 is 1.58 bits per heavy atom. The van der Waals surface area contributed by atoms with Crippen LogP contribution in [-0.4, -0.2) is 75.0 Å². The zero-order valence-corrected chi connectivity index (χ0v) is 10.4. The van der Waals surface area contributed by atoms with E-state index < -0.39 is 31.0 Å². The largest absolute Gasteiger partial charge is 0.394 e. The van der Waals surface area contributed by atoms with Gasteiger partial charge in [-0.25, -0.2) is 0 Å². The number of rotatable bonds is 7. The highest BCUT2D eigenvalue weighted by Crippen LogP contribution is 2.07. The molecule has 0 heterocycles. The van der Waals surface area contributed by atoms with Crippen molar-refractivity contribution in [3.05, 3.63) is 11.8 Å². The average molecular weight is 271 g/mol. The first-order valence-corrected chi connectivity index (χ1v) is 5.42. The van der Waals surface area contributed by atoms with E-state index in [9.17, 15) is 15.3 Å². The molecule has 5 N–H and O–H groups in total. The minimum absolute atomic E-state index is 0.177. The van der Waals surface area contributed by atoms with Gasteiger partial charge in [0.05, 0.1) is 12.7 Å². The minimum atomic E-state index is -1.70. The molecule has 0 bridgehead atoms. The number of nitrogens with zero attached hydrogens (tertiary/aromatic N) is 3. The second-order valence-electron chi connectivity index (χ2n) is 4.00. The van der Waals surface area contributed by atoms with Crippen LogP contribution in [0.15, 0.2) is 11.8 Å². The smallest absolute Gasteiger partial charge is 0.145 e. The van der Waals surface area contributed by atoms with Crippen molar-refractivity contribution >= 4 is 0 Å². The third kappa shape index (κ3) is 5.66. The summed E-state index contributed by atoms with van der Waals surface area (Å²) in [7, 11) is 1.46. The number of hydrogen-bond acceptors (Lipinski definition) is 8. The van der Waals surface area contributed by atoms with Crippen molar-refractivity contribution in [2.24, 2.45) is 0 Å². The second-order valence-corrected chi connectivity index (χ2v) is 4.00. The van der Waals surface area contributed by atoms with E-state index in [4.69, 9.17) is 20.7 Å². The van der Waals surface area contributed by atoms with E-state index in [-0.39, 0.29) is 12.1 Å². The van der Waals surface area contributed by atoms with Crippen molar-refractivity contribution in [1.82, 2.24) is 4.90 Å². The van der Waals surface area contributed by atoms with Crippen LogP contribution < -0.4 is 0 Å². The number of hydrogen-bond donors (Lipinski definition) is 5. The maximum absolute atomic E-state index is 9.62. The standard InChI is InChI=1S/C11H17N3O5/c1-14(4-7(2-12)3-13)5-8(16)10(18)11(19)9(17)6-15/h4,8-11,15-19H,5-6H2,1H3/t8-,9+,10+,11+/m1/s1. The summed E-state index contributed by atoms with van der Waals surface area (Å²) < 4.78 is 0. The normalized spacial score (nSPS) is 16.4. The van der Waals surface area contributed by atoms with Gasteiger partial charge in [-0.15, -0.1) is 0 Å². The van der Waals surface area contributed by atoms with Gasteiger partial charge in [-0.1, -0.05) is 0 Å². The van der Waals surface area contributed by atoms with Gasteiger partial charge in [0.25, 0.3) is 0 Å². The van der Waals surface area contributed by atoms with Crippen molar-refractivity contribution in [3.63, 3.8) is 0 Å². The molecule has 19 heavy (non-hydrogen) atoms. The Morgan fingerprint density at radius 3 is 2.00 bits per heavy atom. The van der Waals surface area contributed by atoms with Crippen molar-refractivity contribution in [2.75, 3.05) is 20.2 Å². The van der Waals surface area contributed by atoms with Crippen molar-refractivity contribution in [2.45, 2.75) is 24.4 Å². The molecule has 0 aromatic rings. The third-order valence-electron chi connectivity index (χ3n) is 2.39. The number of nitriles is 2. The van der Waals surface area contributed by atoms with E-state index in [0.29, 0.717) is 0 Å². The molecular weight excluding hydrogens is 254 g/mol. The molecule has 0 aromatic heterocycles. The monoisotopic (exact) mass is 271 g/mol. The fraction of sp³-hybridized carbons (Fsp3) is 0.636. The number of aliphatic hydroxyl groups excluding tert-OH is 5. The van der Waals surface area contributed by atoms with Crippen LogP contribution in [0.3, 0.4) is 0 Å². The molecule has 0 aromatic carbocycles. The van der Waals surface area contributed by atoms with Gasteiger partial charge in [-0.2, -0.15) is 10.5 Å². The SMILES string of the molecule is CN(C=C(C#N)C#N)C[C@@H](O)[C@H](O)[C@@H](O)[C@@H](O)CO. The van der Waals surface area contributed by atoms with Crippen LogP contribution in [0, 0.1) is 22.7 Å². The van der Waals surface area contributed by atoms with Crippen LogP contribution in [0.1, 0.15) is 0 Å². The molecule has 0 saturated heterocycles. The second kappa shape index (κ2) is 8.43. The van der Waals surface area contributed by atoms with Gasteiger partial charge in [-0.3, -0.25) is 0 Å². The van der Waals surface area contributed by atoms with E-state index in [2.05, 4.69) is 0 Å².